The molecule has 16 heavy (non-hydrogen) atoms. The lowest BCUT2D eigenvalue weighted by Crippen LogP contribution is -2.20. The van der Waals surface area contributed by atoms with E-state index in [9.17, 15) is 0 Å². The van der Waals surface area contributed by atoms with Crippen molar-refractivity contribution in [3.8, 4) is 0 Å². The lowest BCUT2D eigenvalue weighted by molar-refractivity contribution is 0.876. The van der Waals surface area contributed by atoms with E-state index in [0.29, 0.717) is 24.8 Å². The Labute approximate surface area is 96.1 Å². The fourth-order valence-corrected chi connectivity index (χ4v) is 1.32. The molecule has 0 aliphatic carbocycles. The van der Waals surface area contributed by atoms with E-state index in [4.69, 9.17) is 10.8 Å². The maximum absolute atomic E-state index is 7.28. The first-order chi connectivity index (χ1) is 7.58. The smallest absolute Gasteiger partial charge is 0.0902 e. The minimum Gasteiger partial charge on any atom is -0.370 e. The van der Waals surface area contributed by atoms with Crippen molar-refractivity contribution in [1.29, 1.82) is 10.8 Å². The third-order valence-electron chi connectivity index (χ3n) is 2.11. The van der Waals surface area contributed by atoms with E-state index in [1.165, 1.54) is 0 Å². The summed E-state index contributed by atoms with van der Waals surface area (Å²) in [5, 5.41) is 20.5. The zero-order valence-corrected chi connectivity index (χ0v) is 9.72. The molecule has 4 nitrogen and oxygen atoms in total. The molecule has 0 unspecified atom stereocenters. The summed E-state index contributed by atoms with van der Waals surface area (Å²) in [6.07, 6.45) is 0. The van der Waals surface area contributed by atoms with Gasteiger partial charge in [-0.15, -0.1) is 0 Å². The van der Waals surface area contributed by atoms with Gasteiger partial charge < -0.3 is 10.6 Å². The summed E-state index contributed by atoms with van der Waals surface area (Å²) in [7, 11) is 0. The standard InChI is InChI=1S/C12H18N4/c1-9(13)15-7-11-4-3-5-12(6-11)8-16-10(2)14/h3-6H,7-8H2,1-2H3,(H2,13,15)(H2,14,16). The zero-order valence-electron chi connectivity index (χ0n) is 9.72. The van der Waals surface area contributed by atoms with Crippen molar-refractivity contribution in [3.63, 3.8) is 0 Å². The van der Waals surface area contributed by atoms with Crippen LogP contribution in [0.4, 0.5) is 0 Å². The van der Waals surface area contributed by atoms with Gasteiger partial charge in [0.1, 0.15) is 0 Å². The average molecular weight is 218 g/mol. The molecule has 0 bridgehead atoms. The molecule has 0 saturated carbocycles. The van der Waals surface area contributed by atoms with Crippen molar-refractivity contribution in [2.45, 2.75) is 26.9 Å². The Morgan fingerprint density at radius 2 is 1.44 bits per heavy atom. The van der Waals surface area contributed by atoms with Crippen LogP contribution in [0.25, 0.3) is 0 Å². The minimum absolute atomic E-state index is 0.471. The van der Waals surface area contributed by atoms with Crippen LogP contribution < -0.4 is 10.6 Å². The van der Waals surface area contributed by atoms with Crippen molar-refractivity contribution in [3.05, 3.63) is 35.4 Å². The molecule has 0 spiro atoms. The summed E-state index contributed by atoms with van der Waals surface area (Å²) >= 11 is 0. The van der Waals surface area contributed by atoms with Crippen LogP contribution >= 0.6 is 0 Å². The first-order valence-corrected chi connectivity index (χ1v) is 5.24. The van der Waals surface area contributed by atoms with Gasteiger partial charge >= 0.3 is 0 Å². The molecule has 0 radical (unpaired) electrons. The number of nitrogens with one attached hydrogen (secondary N) is 4. The number of rotatable bonds is 4. The summed E-state index contributed by atoms with van der Waals surface area (Å²) in [6, 6.07) is 8.12. The van der Waals surface area contributed by atoms with Crippen LogP contribution in [-0.4, -0.2) is 11.7 Å². The highest BCUT2D eigenvalue weighted by Crippen LogP contribution is 2.04. The maximum atomic E-state index is 7.28. The quantitative estimate of drug-likeness (QED) is 0.460. The van der Waals surface area contributed by atoms with Crippen LogP contribution in [-0.2, 0) is 13.1 Å². The first kappa shape index (κ1) is 12.2. The number of hydrogen-bond acceptors (Lipinski definition) is 2. The van der Waals surface area contributed by atoms with E-state index < -0.39 is 0 Å². The summed E-state index contributed by atoms with van der Waals surface area (Å²) in [6.45, 7) is 4.80. The van der Waals surface area contributed by atoms with Gasteiger partial charge in [0.05, 0.1) is 11.7 Å². The van der Waals surface area contributed by atoms with Gasteiger partial charge in [0, 0.05) is 13.1 Å². The number of hydrogen-bond donors (Lipinski definition) is 4. The van der Waals surface area contributed by atoms with Crippen LogP contribution in [0.5, 0.6) is 0 Å². The molecular formula is C12H18N4. The Hall–Kier alpha value is -1.84. The van der Waals surface area contributed by atoms with Gasteiger partial charge in [-0.3, -0.25) is 10.8 Å². The molecule has 1 aromatic rings. The Balaban J connectivity index is 2.56. The molecule has 0 aromatic heterocycles. The maximum Gasteiger partial charge on any atom is 0.0902 e. The van der Waals surface area contributed by atoms with Crippen LogP contribution in [0, 0.1) is 10.8 Å². The molecule has 0 fully saturated rings. The molecule has 0 aliphatic heterocycles. The van der Waals surface area contributed by atoms with E-state index in [0.717, 1.165) is 11.1 Å². The lowest BCUT2D eigenvalue weighted by atomic mass is 10.1. The summed E-state index contributed by atoms with van der Waals surface area (Å²) in [5.41, 5.74) is 2.29. The molecule has 4 heteroatoms. The second kappa shape index (κ2) is 5.90. The molecule has 1 rings (SSSR count). The Kier molecular flexibility index (Phi) is 4.51. The average Bonchev–Trinajstić information content (AvgIpc) is 2.24. The summed E-state index contributed by atoms with van der Waals surface area (Å²) in [4.78, 5) is 0. The SMILES string of the molecule is CC(=N)NCc1cccc(CNC(C)=N)c1. The monoisotopic (exact) mass is 218 g/mol. The largest absolute Gasteiger partial charge is 0.370 e. The predicted molar refractivity (Wildman–Crippen MR) is 66.9 cm³/mol. The highest BCUT2D eigenvalue weighted by Gasteiger charge is 1.96. The molecule has 0 saturated heterocycles. The normalized spacial score (nSPS) is 9.62. The highest BCUT2D eigenvalue weighted by atomic mass is 14.9. The molecular weight excluding hydrogens is 200 g/mol. The third-order valence-corrected chi connectivity index (χ3v) is 2.11. The summed E-state index contributed by atoms with van der Waals surface area (Å²) < 4.78 is 0. The second-order valence-electron chi connectivity index (χ2n) is 3.78. The van der Waals surface area contributed by atoms with Crippen molar-refractivity contribution < 1.29 is 0 Å². The Morgan fingerprint density at radius 1 is 1.00 bits per heavy atom. The third kappa shape index (κ3) is 4.59. The Morgan fingerprint density at radius 3 is 1.81 bits per heavy atom. The molecule has 0 heterocycles. The predicted octanol–water partition coefficient (Wildman–Crippen LogP) is 1.86. The summed E-state index contributed by atoms with van der Waals surface area (Å²) in [5.74, 6) is 0.942. The van der Waals surface area contributed by atoms with E-state index in [1.54, 1.807) is 13.8 Å². The Bertz CT molecular complexity index is 351. The van der Waals surface area contributed by atoms with E-state index in [2.05, 4.69) is 16.7 Å². The minimum atomic E-state index is 0.471. The van der Waals surface area contributed by atoms with Gasteiger partial charge in [-0.2, -0.15) is 0 Å². The molecule has 0 atom stereocenters. The van der Waals surface area contributed by atoms with Crippen molar-refractivity contribution in [1.82, 2.24) is 10.6 Å². The molecule has 0 aliphatic rings. The van der Waals surface area contributed by atoms with E-state index in [1.807, 2.05) is 18.2 Å². The van der Waals surface area contributed by atoms with Gasteiger partial charge in [0.2, 0.25) is 0 Å². The van der Waals surface area contributed by atoms with Gasteiger partial charge in [-0.1, -0.05) is 24.3 Å². The van der Waals surface area contributed by atoms with Gasteiger partial charge in [-0.05, 0) is 25.0 Å². The van der Waals surface area contributed by atoms with Crippen LogP contribution in [0.1, 0.15) is 25.0 Å². The fourth-order valence-electron chi connectivity index (χ4n) is 1.32. The second-order valence-corrected chi connectivity index (χ2v) is 3.78. The molecule has 0 amide bonds. The highest BCUT2D eigenvalue weighted by molar-refractivity contribution is 5.76. The first-order valence-electron chi connectivity index (χ1n) is 5.24. The van der Waals surface area contributed by atoms with Crippen LogP contribution in [0.2, 0.25) is 0 Å². The van der Waals surface area contributed by atoms with Crippen molar-refractivity contribution >= 4 is 11.7 Å². The van der Waals surface area contributed by atoms with Gasteiger partial charge in [0.15, 0.2) is 0 Å². The number of amidine groups is 2. The molecule has 4 N–H and O–H groups in total. The van der Waals surface area contributed by atoms with Crippen LogP contribution in [0.3, 0.4) is 0 Å². The fraction of sp³-hybridized carbons (Fsp3) is 0.333. The van der Waals surface area contributed by atoms with Crippen molar-refractivity contribution in [2.24, 2.45) is 0 Å². The van der Waals surface area contributed by atoms with E-state index in [-0.39, 0.29) is 0 Å². The molecule has 1 aromatic carbocycles. The lowest BCUT2D eigenvalue weighted by Gasteiger charge is -2.08. The van der Waals surface area contributed by atoms with E-state index >= 15 is 0 Å². The van der Waals surface area contributed by atoms with Crippen LogP contribution in [0.15, 0.2) is 24.3 Å². The van der Waals surface area contributed by atoms with Gasteiger partial charge in [-0.25, -0.2) is 0 Å². The number of benzene rings is 1. The van der Waals surface area contributed by atoms with Crippen molar-refractivity contribution in [2.75, 3.05) is 0 Å². The zero-order chi connectivity index (χ0) is 12.0. The van der Waals surface area contributed by atoms with Gasteiger partial charge in [0.25, 0.3) is 0 Å². The molecule has 86 valence electrons. The topological polar surface area (TPSA) is 71.8 Å².